The molecule has 1 heterocycles. The first-order valence-electron chi connectivity index (χ1n) is 10.0. The van der Waals surface area contributed by atoms with Crippen LogP contribution in [0.25, 0.3) is 0 Å². The molecule has 11 heteroatoms. The molecule has 0 atom stereocenters. The van der Waals surface area contributed by atoms with Crippen LogP contribution in [0, 0.1) is 0 Å². The van der Waals surface area contributed by atoms with Gasteiger partial charge in [-0.2, -0.15) is 13.2 Å². The molecular formula is C21H16ClF3N4O3. The van der Waals surface area contributed by atoms with E-state index in [9.17, 15) is 22.8 Å². The van der Waals surface area contributed by atoms with Gasteiger partial charge in [0.1, 0.15) is 17.2 Å². The summed E-state index contributed by atoms with van der Waals surface area (Å²) in [5, 5.41) is 6.38. The van der Waals surface area contributed by atoms with Gasteiger partial charge >= 0.3 is 12.2 Å². The first-order chi connectivity index (χ1) is 16.0. The maximum atomic E-state index is 13.0. The SMILES string of the molecule is [2H]C([2H])NC(=O)c1cc(Oc2ccc(NC(=O)Nc3ccc(Cl)c(C(F)(F)F)c3)cc2)ccn1. The van der Waals surface area contributed by atoms with Crippen molar-refractivity contribution in [3.63, 3.8) is 0 Å². The predicted molar refractivity (Wildman–Crippen MR) is 113 cm³/mol. The van der Waals surface area contributed by atoms with Crippen LogP contribution in [0.5, 0.6) is 11.5 Å². The van der Waals surface area contributed by atoms with Crippen molar-refractivity contribution in [3.8, 4) is 11.5 Å². The third-order valence-electron chi connectivity index (χ3n) is 3.97. The zero-order valence-electron chi connectivity index (χ0n) is 18.0. The van der Waals surface area contributed by atoms with Gasteiger partial charge in [0, 0.05) is 33.4 Å². The van der Waals surface area contributed by atoms with Crippen LogP contribution in [0.15, 0.2) is 60.8 Å². The molecule has 7 nitrogen and oxygen atoms in total. The van der Waals surface area contributed by atoms with Crippen molar-refractivity contribution in [2.45, 2.75) is 6.18 Å². The number of carbonyl (C=O) groups is 2. The number of aromatic nitrogens is 1. The lowest BCUT2D eigenvalue weighted by Crippen LogP contribution is -2.19. The van der Waals surface area contributed by atoms with E-state index in [-0.39, 0.29) is 17.1 Å². The normalized spacial score (nSPS) is 11.9. The van der Waals surface area contributed by atoms with E-state index >= 15 is 0 Å². The molecule has 0 saturated carbocycles. The van der Waals surface area contributed by atoms with Crippen molar-refractivity contribution >= 4 is 34.9 Å². The molecule has 0 saturated heterocycles. The number of halogens is 4. The van der Waals surface area contributed by atoms with E-state index in [0.717, 1.165) is 12.1 Å². The maximum Gasteiger partial charge on any atom is 0.417 e. The average Bonchev–Trinajstić information content (AvgIpc) is 2.75. The molecule has 0 aliphatic heterocycles. The highest BCUT2D eigenvalue weighted by atomic mass is 35.5. The van der Waals surface area contributed by atoms with Gasteiger partial charge in [-0.05, 0) is 48.5 Å². The zero-order valence-corrected chi connectivity index (χ0v) is 16.8. The van der Waals surface area contributed by atoms with E-state index in [1.807, 2.05) is 0 Å². The van der Waals surface area contributed by atoms with Gasteiger partial charge in [-0.3, -0.25) is 9.78 Å². The third-order valence-corrected chi connectivity index (χ3v) is 4.30. The molecule has 3 amide bonds. The number of rotatable bonds is 5. The van der Waals surface area contributed by atoms with Crippen LogP contribution in [0.1, 0.15) is 18.8 Å². The van der Waals surface area contributed by atoms with Crippen molar-refractivity contribution in [1.29, 1.82) is 0 Å². The summed E-state index contributed by atoms with van der Waals surface area (Å²) in [5.74, 6) is -0.0720. The standard InChI is InChI=1S/C21H16ClF3N4O3/c1-26-19(30)18-11-15(8-9-27-18)32-14-5-2-12(3-6-14)28-20(31)29-13-4-7-17(22)16(10-13)21(23,24)25/h2-11H,1H3,(H,26,30)(H2,28,29,31)/i1D2. The number of amides is 3. The van der Waals surface area contributed by atoms with E-state index in [4.69, 9.17) is 19.1 Å². The van der Waals surface area contributed by atoms with E-state index in [0.29, 0.717) is 11.4 Å². The highest BCUT2D eigenvalue weighted by Crippen LogP contribution is 2.36. The van der Waals surface area contributed by atoms with Crippen molar-refractivity contribution in [2.75, 3.05) is 17.6 Å². The summed E-state index contributed by atoms with van der Waals surface area (Å²) in [6.07, 6.45) is -3.33. The molecule has 0 aliphatic rings. The minimum atomic E-state index is -4.66. The Kier molecular flexibility index (Phi) is 6.02. The number of pyridine rings is 1. The first kappa shape index (κ1) is 20.1. The van der Waals surface area contributed by atoms with Gasteiger partial charge in [0.25, 0.3) is 5.91 Å². The number of ether oxygens (including phenoxy) is 1. The monoisotopic (exact) mass is 466 g/mol. The summed E-state index contributed by atoms with van der Waals surface area (Å²) < 4.78 is 58.6. The Hall–Kier alpha value is -3.79. The Bertz CT molecular complexity index is 1190. The number of anilines is 2. The molecule has 32 heavy (non-hydrogen) atoms. The average molecular weight is 467 g/mol. The number of nitrogens with one attached hydrogen (secondary N) is 3. The zero-order chi connectivity index (χ0) is 24.9. The Morgan fingerprint density at radius 2 is 1.69 bits per heavy atom. The van der Waals surface area contributed by atoms with Crippen molar-refractivity contribution in [2.24, 2.45) is 0 Å². The molecule has 3 rings (SSSR count). The van der Waals surface area contributed by atoms with Crippen LogP contribution in [0.4, 0.5) is 29.3 Å². The van der Waals surface area contributed by atoms with Gasteiger partial charge in [0.2, 0.25) is 0 Å². The Morgan fingerprint density at radius 3 is 2.38 bits per heavy atom. The van der Waals surface area contributed by atoms with E-state index < -0.39 is 35.7 Å². The summed E-state index contributed by atoms with van der Waals surface area (Å²) in [7, 11) is 0. The smallest absolute Gasteiger partial charge is 0.417 e. The molecule has 1 aromatic heterocycles. The van der Waals surface area contributed by atoms with E-state index in [1.165, 1.54) is 48.7 Å². The molecule has 0 radical (unpaired) electrons. The van der Waals surface area contributed by atoms with Gasteiger partial charge in [0.05, 0.1) is 10.6 Å². The second kappa shape index (κ2) is 9.56. The molecular weight excluding hydrogens is 449 g/mol. The minimum absolute atomic E-state index is 0.0344. The van der Waals surface area contributed by atoms with Gasteiger partial charge in [-0.25, -0.2) is 4.79 Å². The van der Waals surface area contributed by atoms with Crippen LogP contribution >= 0.6 is 11.6 Å². The number of urea groups is 1. The number of hydrogen-bond donors (Lipinski definition) is 3. The van der Waals surface area contributed by atoms with Gasteiger partial charge in [0.15, 0.2) is 0 Å². The van der Waals surface area contributed by atoms with Gasteiger partial charge < -0.3 is 20.7 Å². The summed E-state index contributed by atoms with van der Waals surface area (Å²) >= 11 is 5.57. The molecule has 3 aromatic rings. The fourth-order valence-electron chi connectivity index (χ4n) is 2.53. The van der Waals surface area contributed by atoms with Crippen molar-refractivity contribution < 1.29 is 30.2 Å². The van der Waals surface area contributed by atoms with E-state index in [1.54, 1.807) is 0 Å². The summed E-state index contributed by atoms with van der Waals surface area (Å²) in [6, 6.07) is 11.1. The highest BCUT2D eigenvalue weighted by Gasteiger charge is 2.33. The topological polar surface area (TPSA) is 92.4 Å². The van der Waals surface area contributed by atoms with Crippen LogP contribution in [-0.2, 0) is 6.18 Å². The number of carbonyl (C=O) groups excluding carboxylic acids is 2. The molecule has 0 bridgehead atoms. The first-order valence-corrected chi connectivity index (χ1v) is 9.23. The number of benzene rings is 2. The highest BCUT2D eigenvalue weighted by molar-refractivity contribution is 6.31. The number of alkyl halides is 3. The molecule has 2 aromatic carbocycles. The molecule has 3 N–H and O–H groups in total. The number of hydrogen-bond acceptors (Lipinski definition) is 4. The second-order valence-corrected chi connectivity index (χ2v) is 6.66. The lowest BCUT2D eigenvalue weighted by molar-refractivity contribution is -0.137. The van der Waals surface area contributed by atoms with E-state index in [2.05, 4.69) is 20.9 Å². The van der Waals surface area contributed by atoms with Gasteiger partial charge in [-0.1, -0.05) is 11.6 Å². The summed E-state index contributed by atoms with van der Waals surface area (Å²) in [6.45, 7) is -1.54. The molecule has 166 valence electrons. The van der Waals surface area contributed by atoms with Crippen molar-refractivity contribution in [1.82, 2.24) is 10.3 Å². The summed E-state index contributed by atoms with van der Waals surface area (Å²) in [5.41, 5.74) is -0.854. The van der Waals surface area contributed by atoms with Gasteiger partial charge in [-0.15, -0.1) is 0 Å². The van der Waals surface area contributed by atoms with Crippen LogP contribution in [-0.4, -0.2) is 23.9 Å². The molecule has 0 spiro atoms. The molecule has 0 fully saturated rings. The lowest BCUT2D eigenvalue weighted by atomic mass is 10.2. The minimum Gasteiger partial charge on any atom is -0.457 e. The fourth-order valence-corrected chi connectivity index (χ4v) is 2.75. The Labute approximate surface area is 188 Å². The second-order valence-electron chi connectivity index (χ2n) is 6.25. The molecule has 0 unspecified atom stereocenters. The third kappa shape index (κ3) is 5.88. The predicted octanol–water partition coefficient (Wildman–Crippen LogP) is 5.55. The Morgan fingerprint density at radius 1 is 1.00 bits per heavy atom. The summed E-state index contributed by atoms with van der Waals surface area (Å²) in [4.78, 5) is 27.8. The lowest BCUT2D eigenvalue weighted by Gasteiger charge is -2.12. The van der Waals surface area contributed by atoms with Crippen molar-refractivity contribution in [3.05, 3.63) is 77.1 Å². The van der Waals surface area contributed by atoms with Crippen LogP contribution in [0.2, 0.25) is 5.02 Å². The number of nitrogens with zero attached hydrogens (tertiary/aromatic N) is 1. The largest absolute Gasteiger partial charge is 0.457 e. The molecule has 0 aliphatic carbocycles. The van der Waals surface area contributed by atoms with Crippen LogP contribution in [0.3, 0.4) is 0 Å². The maximum absolute atomic E-state index is 13.0. The quantitative estimate of drug-likeness (QED) is 0.459. The Balaban J connectivity index is 1.61. The fraction of sp³-hybridized carbons (Fsp3) is 0.0952. The van der Waals surface area contributed by atoms with Crippen LogP contribution < -0.4 is 20.7 Å².